The Hall–Kier alpha value is -2.48. The van der Waals surface area contributed by atoms with Gasteiger partial charge in [-0.2, -0.15) is 0 Å². The van der Waals surface area contributed by atoms with Gasteiger partial charge in [0.25, 0.3) is 0 Å². The minimum absolute atomic E-state index is 0.359. The van der Waals surface area contributed by atoms with E-state index >= 15 is 0 Å². The Morgan fingerprint density at radius 3 is 2.81 bits per heavy atom. The van der Waals surface area contributed by atoms with Crippen LogP contribution in [0, 0.1) is 0 Å². The van der Waals surface area contributed by atoms with Crippen LogP contribution in [0.15, 0.2) is 65.2 Å². The third-order valence-electron chi connectivity index (χ3n) is 4.78. The molecule has 1 unspecified atom stereocenters. The minimum atomic E-state index is 0.359. The van der Waals surface area contributed by atoms with Gasteiger partial charge in [0.05, 0.1) is 12.1 Å². The molecule has 2 aliphatic rings. The predicted octanol–water partition coefficient (Wildman–Crippen LogP) is 5.09. The van der Waals surface area contributed by atoms with E-state index in [1.807, 2.05) is 12.1 Å². The lowest BCUT2D eigenvalue weighted by atomic mass is 9.99. The Labute approximate surface area is 123 Å². The Kier molecular flexibility index (Phi) is 2.02. The molecule has 1 aromatic heterocycles. The standard InChI is InChI=1S/C19H15NO/c1-12-14-11-19-16(13-6-2-3-8-18(13)21-19)10-15(14)17-7-4-5-9-20(12)17/h2-12,17H,1H3/t12-,17?/m1/s1. The highest BCUT2D eigenvalue weighted by molar-refractivity contribution is 6.05. The van der Waals surface area contributed by atoms with Gasteiger partial charge in [-0.25, -0.2) is 0 Å². The first-order valence-corrected chi connectivity index (χ1v) is 7.40. The molecule has 0 aliphatic carbocycles. The zero-order valence-electron chi connectivity index (χ0n) is 11.8. The van der Waals surface area contributed by atoms with Crippen molar-refractivity contribution in [2.45, 2.75) is 19.0 Å². The highest BCUT2D eigenvalue weighted by atomic mass is 16.3. The van der Waals surface area contributed by atoms with E-state index in [1.54, 1.807) is 0 Å². The lowest BCUT2D eigenvalue weighted by Gasteiger charge is -2.27. The van der Waals surface area contributed by atoms with E-state index in [0.29, 0.717) is 12.1 Å². The van der Waals surface area contributed by atoms with Crippen molar-refractivity contribution in [1.82, 2.24) is 4.90 Å². The Morgan fingerprint density at radius 2 is 1.86 bits per heavy atom. The zero-order chi connectivity index (χ0) is 14.0. The van der Waals surface area contributed by atoms with Gasteiger partial charge in [-0.15, -0.1) is 0 Å². The van der Waals surface area contributed by atoms with Crippen LogP contribution in [-0.2, 0) is 0 Å². The van der Waals surface area contributed by atoms with Crippen molar-refractivity contribution < 1.29 is 4.42 Å². The summed E-state index contributed by atoms with van der Waals surface area (Å²) in [6.45, 7) is 2.26. The molecule has 3 aromatic rings. The molecule has 21 heavy (non-hydrogen) atoms. The van der Waals surface area contributed by atoms with Crippen molar-refractivity contribution >= 4 is 21.9 Å². The summed E-state index contributed by atoms with van der Waals surface area (Å²) in [7, 11) is 0. The first-order valence-electron chi connectivity index (χ1n) is 7.40. The molecule has 0 fully saturated rings. The topological polar surface area (TPSA) is 16.4 Å². The predicted molar refractivity (Wildman–Crippen MR) is 85.0 cm³/mol. The van der Waals surface area contributed by atoms with Gasteiger partial charge in [0.15, 0.2) is 0 Å². The monoisotopic (exact) mass is 273 g/mol. The normalized spacial score (nSPS) is 23.0. The Balaban J connectivity index is 1.84. The molecule has 2 aliphatic heterocycles. The van der Waals surface area contributed by atoms with Crippen molar-refractivity contribution in [3.63, 3.8) is 0 Å². The first kappa shape index (κ1) is 11.2. The number of nitrogens with zero attached hydrogens (tertiary/aromatic N) is 1. The molecular formula is C19H15NO. The Morgan fingerprint density at radius 1 is 0.952 bits per heavy atom. The van der Waals surface area contributed by atoms with Crippen molar-refractivity contribution in [3.05, 3.63) is 72.0 Å². The number of para-hydroxylation sites is 1. The van der Waals surface area contributed by atoms with E-state index in [4.69, 9.17) is 4.42 Å². The lowest BCUT2D eigenvalue weighted by molar-refractivity contribution is 0.287. The highest BCUT2D eigenvalue weighted by Crippen LogP contribution is 2.46. The average Bonchev–Trinajstić information content (AvgIpc) is 3.02. The second kappa shape index (κ2) is 3.79. The summed E-state index contributed by atoms with van der Waals surface area (Å²) in [5.74, 6) is 0. The van der Waals surface area contributed by atoms with E-state index in [9.17, 15) is 0 Å². The van der Waals surface area contributed by atoms with Crippen LogP contribution in [0.5, 0.6) is 0 Å². The number of benzene rings is 2. The molecule has 2 atom stereocenters. The summed E-state index contributed by atoms with van der Waals surface area (Å²) in [4.78, 5) is 2.41. The molecule has 2 nitrogen and oxygen atoms in total. The van der Waals surface area contributed by atoms with Gasteiger partial charge < -0.3 is 9.32 Å². The molecule has 102 valence electrons. The Bertz CT molecular complexity index is 931. The van der Waals surface area contributed by atoms with Crippen LogP contribution in [-0.4, -0.2) is 4.90 Å². The van der Waals surface area contributed by atoms with Gasteiger partial charge in [0.1, 0.15) is 11.2 Å². The summed E-state index contributed by atoms with van der Waals surface area (Å²) in [5.41, 5.74) is 4.75. The summed E-state index contributed by atoms with van der Waals surface area (Å²) in [6, 6.07) is 13.6. The van der Waals surface area contributed by atoms with Crippen LogP contribution in [0.3, 0.4) is 0 Å². The van der Waals surface area contributed by atoms with E-state index in [1.165, 1.54) is 21.9 Å². The number of hydrogen-bond acceptors (Lipinski definition) is 2. The van der Waals surface area contributed by atoms with Crippen LogP contribution in [0.2, 0.25) is 0 Å². The largest absolute Gasteiger partial charge is 0.456 e. The van der Waals surface area contributed by atoms with Gasteiger partial charge >= 0.3 is 0 Å². The molecule has 2 heteroatoms. The van der Waals surface area contributed by atoms with E-state index in [2.05, 4.69) is 60.5 Å². The smallest absolute Gasteiger partial charge is 0.135 e. The van der Waals surface area contributed by atoms with Crippen molar-refractivity contribution in [1.29, 1.82) is 0 Å². The SMILES string of the molecule is C[C@@H]1c2cc3oc4ccccc4c3cc2C2C=CC=CN21. The zero-order valence-corrected chi connectivity index (χ0v) is 11.8. The molecule has 0 saturated carbocycles. The van der Waals surface area contributed by atoms with Crippen LogP contribution in [0.1, 0.15) is 30.1 Å². The lowest BCUT2D eigenvalue weighted by Crippen LogP contribution is -2.18. The molecule has 2 aromatic carbocycles. The fourth-order valence-corrected chi connectivity index (χ4v) is 3.73. The molecule has 0 saturated heterocycles. The van der Waals surface area contributed by atoms with Gasteiger partial charge in [0, 0.05) is 17.0 Å². The summed E-state index contributed by atoms with van der Waals surface area (Å²) >= 11 is 0. The van der Waals surface area contributed by atoms with Gasteiger partial charge in [-0.05, 0) is 42.3 Å². The molecule has 0 radical (unpaired) electrons. The number of hydrogen-bond donors (Lipinski definition) is 0. The summed E-state index contributed by atoms with van der Waals surface area (Å²) in [5, 5.41) is 2.43. The maximum atomic E-state index is 6.02. The van der Waals surface area contributed by atoms with Crippen LogP contribution < -0.4 is 0 Å². The van der Waals surface area contributed by atoms with E-state index in [-0.39, 0.29) is 0 Å². The fourth-order valence-electron chi connectivity index (χ4n) is 3.73. The van der Waals surface area contributed by atoms with E-state index < -0.39 is 0 Å². The molecule has 0 bridgehead atoms. The summed E-state index contributed by atoms with van der Waals surface area (Å²) in [6.07, 6.45) is 8.71. The number of allylic oxidation sites excluding steroid dienone is 2. The van der Waals surface area contributed by atoms with Crippen LogP contribution >= 0.6 is 0 Å². The van der Waals surface area contributed by atoms with Crippen molar-refractivity contribution in [2.24, 2.45) is 0 Å². The molecule has 0 amide bonds. The van der Waals surface area contributed by atoms with Crippen molar-refractivity contribution in [2.75, 3.05) is 0 Å². The molecular weight excluding hydrogens is 258 g/mol. The summed E-state index contributed by atoms with van der Waals surface area (Å²) < 4.78 is 6.02. The third-order valence-corrected chi connectivity index (χ3v) is 4.78. The number of furan rings is 1. The molecule has 0 spiro atoms. The number of fused-ring (bicyclic) bond motifs is 6. The average molecular weight is 273 g/mol. The first-order chi connectivity index (χ1) is 10.3. The minimum Gasteiger partial charge on any atom is -0.456 e. The fraction of sp³-hybridized carbons (Fsp3) is 0.158. The molecule has 5 rings (SSSR count). The highest BCUT2D eigenvalue weighted by Gasteiger charge is 2.34. The second-order valence-corrected chi connectivity index (χ2v) is 5.87. The van der Waals surface area contributed by atoms with Gasteiger partial charge in [-0.3, -0.25) is 0 Å². The van der Waals surface area contributed by atoms with Crippen LogP contribution in [0.4, 0.5) is 0 Å². The van der Waals surface area contributed by atoms with Gasteiger partial charge in [-0.1, -0.05) is 30.4 Å². The van der Waals surface area contributed by atoms with Crippen molar-refractivity contribution in [3.8, 4) is 0 Å². The van der Waals surface area contributed by atoms with Gasteiger partial charge in [0.2, 0.25) is 0 Å². The van der Waals surface area contributed by atoms with Crippen LogP contribution in [0.25, 0.3) is 21.9 Å². The number of rotatable bonds is 0. The van der Waals surface area contributed by atoms with E-state index in [0.717, 1.165) is 11.2 Å². The second-order valence-electron chi connectivity index (χ2n) is 5.87. The molecule has 0 N–H and O–H groups in total. The third kappa shape index (κ3) is 1.37. The maximum Gasteiger partial charge on any atom is 0.135 e. The maximum absolute atomic E-state index is 6.02. The quantitative estimate of drug-likeness (QED) is 0.567. The molecule has 3 heterocycles.